The van der Waals surface area contributed by atoms with Gasteiger partial charge in [0.15, 0.2) is 0 Å². The predicted octanol–water partition coefficient (Wildman–Crippen LogP) is 2.82. The van der Waals surface area contributed by atoms with Crippen LogP contribution >= 0.6 is 0 Å². The highest BCUT2D eigenvalue weighted by Crippen LogP contribution is 2.18. The number of nitrogens with one attached hydrogen (secondary N) is 1. The van der Waals surface area contributed by atoms with Gasteiger partial charge in [0.05, 0.1) is 0 Å². The van der Waals surface area contributed by atoms with Crippen LogP contribution in [0, 0.1) is 0 Å². The lowest BCUT2D eigenvalue weighted by Gasteiger charge is -2.08. The van der Waals surface area contributed by atoms with Crippen molar-refractivity contribution in [2.24, 2.45) is 0 Å². The Morgan fingerprint density at radius 1 is 0.833 bits per heavy atom. The van der Waals surface area contributed by atoms with Crippen molar-refractivity contribution in [3.8, 4) is 11.5 Å². The molecule has 94 valence electrons. The quantitative estimate of drug-likeness (QED) is 0.791. The molecule has 0 bridgehead atoms. The zero-order valence-corrected chi connectivity index (χ0v) is 10.4. The van der Waals surface area contributed by atoms with E-state index in [1.54, 1.807) is 0 Å². The van der Waals surface area contributed by atoms with Gasteiger partial charge in [0.1, 0.15) is 24.8 Å². The van der Waals surface area contributed by atoms with Gasteiger partial charge in [-0.15, -0.1) is 0 Å². The molecular formula is C15H17NO2. The highest BCUT2D eigenvalue weighted by Gasteiger charge is 1.97. The van der Waals surface area contributed by atoms with Crippen molar-refractivity contribution >= 4 is 0 Å². The third kappa shape index (κ3) is 3.79. The van der Waals surface area contributed by atoms with E-state index < -0.39 is 0 Å². The highest BCUT2D eigenvalue weighted by molar-refractivity contribution is 5.31. The summed E-state index contributed by atoms with van der Waals surface area (Å²) < 4.78 is 11.1. The molecule has 0 aliphatic rings. The van der Waals surface area contributed by atoms with Crippen molar-refractivity contribution < 1.29 is 9.47 Å². The van der Waals surface area contributed by atoms with Gasteiger partial charge in [-0.3, -0.25) is 5.32 Å². The molecule has 0 fully saturated rings. The molecule has 0 amide bonds. The molecule has 0 radical (unpaired) electrons. The Morgan fingerprint density at radius 2 is 1.44 bits per heavy atom. The minimum Gasteiger partial charge on any atom is -0.489 e. The maximum absolute atomic E-state index is 5.68. The summed E-state index contributed by atoms with van der Waals surface area (Å²) in [6.45, 7) is 1.09. The Kier molecular flexibility index (Phi) is 4.61. The van der Waals surface area contributed by atoms with Crippen molar-refractivity contribution in [2.75, 3.05) is 13.8 Å². The number of hydrogen-bond acceptors (Lipinski definition) is 3. The normalized spacial score (nSPS) is 10.1. The van der Waals surface area contributed by atoms with Crippen molar-refractivity contribution in [1.82, 2.24) is 5.32 Å². The SMILES string of the molecule is CNCOc1ccc(OCc2ccccc2)cc1. The highest BCUT2D eigenvalue weighted by atomic mass is 16.5. The fourth-order valence-electron chi connectivity index (χ4n) is 1.53. The minimum atomic E-state index is 0.504. The van der Waals surface area contributed by atoms with E-state index in [4.69, 9.17) is 9.47 Å². The van der Waals surface area contributed by atoms with Crippen LogP contribution in [0.15, 0.2) is 54.6 Å². The number of ether oxygens (including phenoxy) is 2. The third-order valence-electron chi connectivity index (χ3n) is 2.46. The molecule has 0 saturated heterocycles. The van der Waals surface area contributed by atoms with Gasteiger partial charge in [-0.25, -0.2) is 0 Å². The Balaban J connectivity index is 1.86. The smallest absolute Gasteiger partial charge is 0.139 e. The summed E-state index contributed by atoms with van der Waals surface area (Å²) in [6, 6.07) is 17.7. The molecule has 2 aromatic rings. The molecule has 0 aromatic heterocycles. The van der Waals surface area contributed by atoms with Crippen molar-refractivity contribution in [2.45, 2.75) is 6.61 Å². The summed E-state index contributed by atoms with van der Waals surface area (Å²) >= 11 is 0. The van der Waals surface area contributed by atoms with Crippen LogP contribution in [0.4, 0.5) is 0 Å². The lowest BCUT2D eigenvalue weighted by molar-refractivity contribution is 0.291. The Bertz CT molecular complexity index is 454. The molecule has 1 N–H and O–H groups in total. The van der Waals surface area contributed by atoms with E-state index in [0.29, 0.717) is 13.3 Å². The van der Waals surface area contributed by atoms with Crippen LogP contribution in [0.5, 0.6) is 11.5 Å². The molecule has 3 heteroatoms. The Morgan fingerprint density at radius 3 is 2.06 bits per heavy atom. The maximum atomic E-state index is 5.68. The first kappa shape index (κ1) is 12.5. The minimum absolute atomic E-state index is 0.504. The van der Waals surface area contributed by atoms with Gasteiger partial charge in [-0.1, -0.05) is 30.3 Å². The summed E-state index contributed by atoms with van der Waals surface area (Å²) in [7, 11) is 1.84. The third-order valence-corrected chi connectivity index (χ3v) is 2.46. The van der Waals surface area contributed by atoms with Crippen LogP contribution in [0.2, 0.25) is 0 Å². The zero-order valence-electron chi connectivity index (χ0n) is 10.4. The van der Waals surface area contributed by atoms with Gasteiger partial charge in [0.25, 0.3) is 0 Å². The summed E-state index contributed by atoms with van der Waals surface area (Å²) in [5.74, 6) is 1.67. The van der Waals surface area contributed by atoms with Gasteiger partial charge >= 0.3 is 0 Å². The van der Waals surface area contributed by atoms with Crippen LogP contribution in [0.25, 0.3) is 0 Å². The molecule has 0 saturated carbocycles. The van der Waals surface area contributed by atoms with E-state index in [1.807, 2.05) is 61.6 Å². The number of benzene rings is 2. The van der Waals surface area contributed by atoms with Gasteiger partial charge in [-0.2, -0.15) is 0 Å². The fraction of sp³-hybridized carbons (Fsp3) is 0.200. The molecule has 0 heterocycles. The summed E-state index contributed by atoms with van der Waals surface area (Å²) in [6.07, 6.45) is 0. The summed E-state index contributed by atoms with van der Waals surface area (Å²) in [5.41, 5.74) is 1.16. The van der Waals surface area contributed by atoms with Crippen molar-refractivity contribution in [3.63, 3.8) is 0 Å². The molecule has 3 nitrogen and oxygen atoms in total. The van der Waals surface area contributed by atoms with Crippen molar-refractivity contribution in [1.29, 1.82) is 0 Å². The summed E-state index contributed by atoms with van der Waals surface area (Å²) in [5, 5.41) is 2.92. The first-order chi connectivity index (χ1) is 8.88. The van der Waals surface area contributed by atoms with Gasteiger partial charge in [-0.05, 0) is 36.9 Å². The molecular weight excluding hydrogens is 226 g/mol. The monoisotopic (exact) mass is 243 g/mol. The second-order valence-corrected chi connectivity index (χ2v) is 3.89. The first-order valence-corrected chi connectivity index (χ1v) is 5.92. The molecule has 0 atom stereocenters. The molecule has 0 unspecified atom stereocenters. The zero-order chi connectivity index (χ0) is 12.6. The Hall–Kier alpha value is -2.00. The van der Waals surface area contributed by atoms with E-state index in [-0.39, 0.29) is 0 Å². The predicted molar refractivity (Wildman–Crippen MR) is 71.8 cm³/mol. The van der Waals surface area contributed by atoms with Crippen LogP contribution in [0.1, 0.15) is 5.56 Å². The first-order valence-electron chi connectivity index (χ1n) is 5.92. The van der Waals surface area contributed by atoms with Gasteiger partial charge in [0.2, 0.25) is 0 Å². The lowest BCUT2D eigenvalue weighted by Crippen LogP contribution is -2.13. The standard InChI is InChI=1S/C15H17NO2/c1-16-12-18-15-9-7-14(8-10-15)17-11-13-5-3-2-4-6-13/h2-10,16H,11-12H2,1H3. The van der Waals surface area contributed by atoms with E-state index in [9.17, 15) is 0 Å². The van der Waals surface area contributed by atoms with E-state index in [2.05, 4.69) is 5.32 Å². The average Bonchev–Trinajstić information content (AvgIpc) is 2.45. The van der Waals surface area contributed by atoms with Crippen molar-refractivity contribution in [3.05, 3.63) is 60.2 Å². The molecule has 0 aliphatic heterocycles. The average molecular weight is 243 g/mol. The topological polar surface area (TPSA) is 30.5 Å². The van der Waals surface area contributed by atoms with Gasteiger partial charge < -0.3 is 9.47 Å². The summed E-state index contributed by atoms with van der Waals surface area (Å²) in [4.78, 5) is 0. The van der Waals surface area contributed by atoms with E-state index >= 15 is 0 Å². The second kappa shape index (κ2) is 6.67. The largest absolute Gasteiger partial charge is 0.489 e. The molecule has 18 heavy (non-hydrogen) atoms. The Labute approximate surface area is 107 Å². The number of hydrogen-bond donors (Lipinski definition) is 1. The number of rotatable bonds is 6. The molecule has 0 aliphatic carbocycles. The second-order valence-electron chi connectivity index (χ2n) is 3.89. The maximum Gasteiger partial charge on any atom is 0.139 e. The molecule has 0 spiro atoms. The molecule has 2 rings (SSSR count). The molecule has 2 aromatic carbocycles. The fourth-order valence-corrected chi connectivity index (χ4v) is 1.53. The van der Waals surface area contributed by atoms with Crippen LogP contribution in [-0.2, 0) is 6.61 Å². The van der Waals surface area contributed by atoms with Crippen LogP contribution in [-0.4, -0.2) is 13.8 Å². The van der Waals surface area contributed by atoms with E-state index in [1.165, 1.54) is 0 Å². The lowest BCUT2D eigenvalue weighted by atomic mass is 10.2. The van der Waals surface area contributed by atoms with E-state index in [0.717, 1.165) is 17.1 Å². The van der Waals surface area contributed by atoms with Crippen LogP contribution in [0.3, 0.4) is 0 Å². The van der Waals surface area contributed by atoms with Crippen LogP contribution < -0.4 is 14.8 Å². The van der Waals surface area contributed by atoms with Gasteiger partial charge in [0, 0.05) is 0 Å².